The van der Waals surface area contributed by atoms with E-state index in [9.17, 15) is 9.90 Å². The van der Waals surface area contributed by atoms with Crippen LogP contribution in [0.2, 0.25) is 0 Å². The Morgan fingerprint density at radius 1 is 1.29 bits per heavy atom. The van der Waals surface area contributed by atoms with E-state index in [0.29, 0.717) is 12.2 Å². The van der Waals surface area contributed by atoms with Crippen molar-refractivity contribution < 1.29 is 9.90 Å². The summed E-state index contributed by atoms with van der Waals surface area (Å²) in [5.41, 5.74) is 3.93. The zero-order chi connectivity index (χ0) is 10.9. The van der Waals surface area contributed by atoms with Crippen molar-refractivity contribution in [3.8, 4) is 5.75 Å². The number of phenolic OH excluding ortho intramolecular Hbond substituents is 1. The minimum atomic E-state index is 0.154. The van der Waals surface area contributed by atoms with Crippen molar-refractivity contribution in [1.82, 2.24) is 0 Å². The van der Waals surface area contributed by atoms with Gasteiger partial charge in [0.1, 0.15) is 11.5 Å². The van der Waals surface area contributed by atoms with Crippen LogP contribution in [0.4, 0.5) is 0 Å². The van der Waals surface area contributed by atoms with Crippen molar-refractivity contribution >= 4 is 5.78 Å². The number of rotatable bonds is 2. The number of hydrogen-bond acceptors (Lipinski definition) is 2. The summed E-state index contributed by atoms with van der Waals surface area (Å²) in [5.74, 6) is 0.466. The van der Waals surface area contributed by atoms with E-state index in [2.05, 4.69) is 0 Å². The smallest absolute Gasteiger partial charge is 0.134 e. The summed E-state index contributed by atoms with van der Waals surface area (Å²) in [5, 5.41) is 9.55. The normalized spacial score (nSPS) is 10.3. The van der Waals surface area contributed by atoms with Crippen LogP contribution in [-0.2, 0) is 11.2 Å². The van der Waals surface area contributed by atoms with E-state index in [-0.39, 0.29) is 5.78 Å². The molecule has 1 aromatic carbocycles. The summed E-state index contributed by atoms with van der Waals surface area (Å²) >= 11 is 0. The Morgan fingerprint density at radius 2 is 1.86 bits per heavy atom. The molecule has 0 aliphatic rings. The van der Waals surface area contributed by atoms with Gasteiger partial charge in [0.15, 0.2) is 0 Å². The van der Waals surface area contributed by atoms with E-state index >= 15 is 0 Å². The van der Waals surface area contributed by atoms with Crippen molar-refractivity contribution in [2.24, 2.45) is 0 Å². The number of Topliss-reactive ketones (excluding diaryl/α,β-unsaturated/α-hetero) is 1. The second-order valence-corrected chi connectivity index (χ2v) is 3.82. The molecule has 2 nitrogen and oxygen atoms in total. The fraction of sp³-hybridized carbons (Fsp3) is 0.417. The molecule has 0 heterocycles. The zero-order valence-corrected chi connectivity index (χ0v) is 9.14. The highest BCUT2D eigenvalue weighted by atomic mass is 16.3. The quantitative estimate of drug-likeness (QED) is 0.781. The summed E-state index contributed by atoms with van der Waals surface area (Å²) in [6.07, 6.45) is 0.457. The van der Waals surface area contributed by atoms with E-state index < -0.39 is 0 Å². The highest BCUT2D eigenvalue weighted by Gasteiger charge is 2.10. The van der Waals surface area contributed by atoms with Crippen LogP contribution in [0, 0.1) is 20.8 Å². The van der Waals surface area contributed by atoms with Crippen molar-refractivity contribution in [3.63, 3.8) is 0 Å². The van der Waals surface area contributed by atoms with Gasteiger partial charge in [-0.2, -0.15) is 0 Å². The molecule has 0 amide bonds. The number of aryl methyl sites for hydroxylation is 1. The first-order valence-corrected chi connectivity index (χ1v) is 4.71. The van der Waals surface area contributed by atoms with Gasteiger partial charge < -0.3 is 5.11 Å². The van der Waals surface area contributed by atoms with Gasteiger partial charge in [-0.1, -0.05) is 0 Å². The predicted octanol–water partition coefficient (Wildman–Crippen LogP) is 2.45. The molecule has 76 valence electrons. The van der Waals surface area contributed by atoms with Crippen LogP contribution in [0.5, 0.6) is 5.75 Å². The molecule has 0 radical (unpaired) electrons. The van der Waals surface area contributed by atoms with Gasteiger partial charge in [-0.05, 0) is 56.0 Å². The van der Waals surface area contributed by atoms with Crippen LogP contribution in [-0.4, -0.2) is 10.9 Å². The third kappa shape index (κ3) is 1.95. The molecule has 0 aliphatic carbocycles. The lowest BCUT2D eigenvalue weighted by molar-refractivity contribution is -0.116. The Bertz CT molecular complexity index is 378. The van der Waals surface area contributed by atoms with Gasteiger partial charge in [0.25, 0.3) is 0 Å². The first kappa shape index (κ1) is 10.8. The lowest BCUT2D eigenvalue weighted by atomic mass is 9.94. The van der Waals surface area contributed by atoms with E-state index in [1.807, 2.05) is 20.8 Å². The monoisotopic (exact) mass is 192 g/mol. The van der Waals surface area contributed by atoms with Gasteiger partial charge in [-0.25, -0.2) is 0 Å². The van der Waals surface area contributed by atoms with Gasteiger partial charge >= 0.3 is 0 Å². The van der Waals surface area contributed by atoms with Crippen molar-refractivity contribution in [1.29, 1.82) is 0 Å². The molecule has 0 fully saturated rings. The largest absolute Gasteiger partial charge is 0.508 e. The summed E-state index contributed by atoms with van der Waals surface area (Å²) in [7, 11) is 0. The second-order valence-electron chi connectivity index (χ2n) is 3.82. The number of aromatic hydroxyl groups is 1. The number of hydrogen-bond donors (Lipinski definition) is 1. The minimum absolute atomic E-state index is 0.154. The molecular formula is C12H16O2. The molecule has 0 bridgehead atoms. The number of carbonyl (C=O) groups is 1. The molecule has 0 atom stereocenters. The highest BCUT2D eigenvalue weighted by Crippen LogP contribution is 2.26. The van der Waals surface area contributed by atoms with Crippen molar-refractivity contribution in [2.45, 2.75) is 34.1 Å². The van der Waals surface area contributed by atoms with Crippen LogP contribution in [0.1, 0.15) is 29.2 Å². The summed E-state index contributed by atoms with van der Waals surface area (Å²) in [6, 6.07) is 1.72. The van der Waals surface area contributed by atoms with Crippen LogP contribution >= 0.6 is 0 Å². The van der Waals surface area contributed by atoms with Crippen LogP contribution < -0.4 is 0 Å². The molecule has 1 aromatic rings. The van der Waals surface area contributed by atoms with E-state index in [1.165, 1.54) is 0 Å². The maximum Gasteiger partial charge on any atom is 0.134 e. The van der Waals surface area contributed by atoms with Gasteiger partial charge in [0.05, 0.1) is 0 Å². The van der Waals surface area contributed by atoms with E-state index in [0.717, 1.165) is 22.3 Å². The van der Waals surface area contributed by atoms with Gasteiger partial charge in [-0.15, -0.1) is 0 Å². The number of ketones is 1. The summed E-state index contributed by atoms with van der Waals surface area (Å²) < 4.78 is 0. The fourth-order valence-corrected chi connectivity index (χ4v) is 1.64. The second kappa shape index (κ2) is 3.82. The standard InChI is InChI=1S/C12H16O2/c1-7-5-12(14)10(4)9(3)11(7)6-8(2)13/h5,14H,6H2,1-4H3. The molecule has 1 rings (SSSR count). The van der Waals surface area contributed by atoms with Crippen LogP contribution in [0.25, 0.3) is 0 Å². The third-order valence-corrected chi connectivity index (χ3v) is 2.65. The first-order valence-electron chi connectivity index (χ1n) is 4.71. The molecular weight excluding hydrogens is 176 g/mol. The lowest BCUT2D eigenvalue weighted by Crippen LogP contribution is -2.03. The average molecular weight is 192 g/mol. The van der Waals surface area contributed by atoms with Gasteiger partial charge in [0, 0.05) is 6.42 Å². The Labute approximate surface area is 84.6 Å². The van der Waals surface area contributed by atoms with E-state index in [1.54, 1.807) is 13.0 Å². The fourth-order valence-electron chi connectivity index (χ4n) is 1.64. The third-order valence-electron chi connectivity index (χ3n) is 2.65. The van der Waals surface area contributed by atoms with Crippen molar-refractivity contribution in [3.05, 3.63) is 28.3 Å². The predicted molar refractivity (Wildman–Crippen MR) is 56.7 cm³/mol. The molecule has 0 aromatic heterocycles. The first-order chi connectivity index (χ1) is 6.43. The highest BCUT2D eigenvalue weighted by molar-refractivity contribution is 5.79. The lowest BCUT2D eigenvalue weighted by Gasteiger charge is -2.12. The summed E-state index contributed by atoms with van der Waals surface area (Å²) in [6.45, 7) is 7.32. The molecule has 0 unspecified atom stereocenters. The maximum atomic E-state index is 11.1. The summed E-state index contributed by atoms with van der Waals surface area (Å²) in [4.78, 5) is 11.1. The van der Waals surface area contributed by atoms with Gasteiger partial charge in [-0.3, -0.25) is 4.79 Å². The van der Waals surface area contributed by atoms with Crippen LogP contribution in [0.3, 0.4) is 0 Å². The average Bonchev–Trinajstić information content (AvgIpc) is 2.09. The molecule has 0 spiro atoms. The Kier molecular flexibility index (Phi) is 2.94. The molecule has 2 heteroatoms. The Morgan fingerprint density at radius 3 is 2.36 bits per heavy atom. The maximum absolute atomic E-state index is 11.1. The van der Waals surface area contributed by atoms with Gasteiger partial charge in [0.2, 0.25) is 0 Å². The SMILES string of the molecule is CC(=O)Cc1c(C)cc(O)c(C)c1C. The molecule has 0 saturated carbocycles. The topological polar surface area (TPSA) is 37.3 Å². The van der Waals surface area contributed by atoms with Crippen LogP contribution in [0.15, 0.2) is 6.07 Å². The van der Waals surface area contributed by atoms with Crippen molar-refractivity contribution in [2.75, 3.05) is 0 Å². The minimum Gasteiger partial charge on any atom is -0.508 e. The van der Waals surface area contributed by atoms with E-state index in [4.69, 9.17) is 0 Å². The number of phenols is 1. The Hall–Kier alpha value is -1.31. The molecule has 14 heavy (non-hydrogen) atoms. The Balaban J connectivity index is 3.29. The molecule has 0 saturated heterocycles. The number of carbonyl (C=O) groups excluding carboxylic acids is 1. The molecule has 1 N–H and O–H groups in total. The number of benzene rings is 1. The molecule has 0 aliphatic heterocycles. The zero-order valence-electron chi connectivity index (χ0n) is 9.14.